The Bertz CT molecular complexity index is 387. The number of anilines is 1. The predicted octanol–water partition coefficient (Wildman–Crippen LogP) is 1.92. The van der Waals surface area contributed by atoms with Crippen LogP contribution in [0.1, 0.15) is 18.4 Å². The van der Waals surface area contributed by atoms with Gasteiger partial charge in [-0.3, -0.25) is 0 Å². The van der Waals surface area contributed by atoms with Crippen molar-refractivity contribution in [3.05, 3.63) is 23.9 Å². The van der Waals surface area contributed by atoms with Crippen LogP contribution in [0, 0.1) is 12.8 Å². The van der Waals surface area contributed by atoms with Crippen LogP contribution in [-0.4, -0.2) is 42.6 Å². The molecule has 1 unspecified atom stereocenters. The lowest BCUT2D eigenvalue weighted by molar-refractivity contribution is 0.202. The molecule has 2 fully saturated rings. The molecule has 0 spiro atoms. The van der Waals surface area contributed by atoms with E-state index in [1.54, 1.807) is 0 Å². The van der Waals surface area contributed by atoms with Crippen LogP contribution in [-0.2, 0) is 0 Å². The zero-order chi connectivity index (χ0) is 11.8. The van der Waals surface area contributed by atoms with Crippen LogP contribution in [0.5, 0.6) is 0 Å². The van der Waals surface area contributed by atoms with Crippen LogP contribution in [0.3, 0.4) is 0 Å². The van der Waals surface area contributed by atoms with Crippen molar-refractivity contribution in [3.8, 4) is 0 Å². The molecule has 17 heavy (non-hydrogen) atoms. The lowest BCUT2D eigenvalue weighted by Crippen LogP contribution is -2.44. The van der Waals surface area contributed by atoms with E-state index in [9.17, 15) is 0 Å². The molecule has 3 nitrogen and oxygen atoms in total. The number of rotatable bonds is 1. The zero-order valence-electron chi connectivity index (χ0n) is 10.8. The van der Waals surface area contributed by atoms with Gasteiger partial charge in [0.1, 0.15) is 5.82 Å². The van der Waals surface area contributed by atoms with Crippen molar-refractivity contribution in [2.45, 2.75) is 25.8 Å². The SMILES string of the molecule is Cc1ccc(N2CC[C@@H]3CN(C)CCC32)nc1. The number of fused-ring (bicyclic) bond motifs is 1. The highest BCUT2D eigenvalue weighted by Gasteiger charge is 2.37. The van der Waals surface area contributed by atoms with Gasteiger partial charge in [0, 0.05) is 25.3 Å². The highest BCUT2D eigenvalue weighted by Crippen LogP contribution is 2.33. The van der Waals surface area contributed by atoms with Crippen LogP contribution in [0.4, 0.5) is 5.82 Å². The summed E-state index contributed by atoms with van der Waals surface area (Å²) in [4.78, 5) is 9.57. The Balaban J connectivity index is 1.79. The largest absolute Gasteiger partial charge is 0.353 e. The quantitative estimate of drug-likeness (QED) is 0.736. The molecule has 3 heterocycles. The normalized spacial score (nSPS) is 29.4. The Labute approximate surface area is 103 Å². The first kappa shape index (κ1) is 11.0. The van der Waals surface area contributed by atoms with Gasteiger partial charge in [0.05, 0.1) is 0 Å². The Morgan fingerprint density at radius 3 is 2.88 bits per heavy atom. The van der Waals surface area contributed by atoms with Crippen LogP contribution in [0.15, 0.2) is 18.3 Å². The highest BCUT2D eigenvalue weighted by atomic mass is 15.3. The molecule has 0 aliphatic carbocycles. The molecule has 0 bridgehead atoms. The van der Waals surface area contributed by atoms with Crippen molar-refractivity contribution in [1.29, 1.82) is 0 Å². The number of hydrogen-bond acceptors (Lipinski definition) is 3. The molecule has 92 valence electrons. The topological polar surface area (TPSA) is 19.4 Å². The number of nitrogens with zero attached hydrogens (tertiary/aromatic N) is 3. The van der Waals surface area contributed by atoms with E-state index in [-0.39, 0.29) is 0 Å². The maximum Gasteiger partial charge on any atom is 0.128 e. The summed E-state index contributed by atoms with van der Waals surface area (Å²) in [5.41, 5.74) is 1.24. The van der Waals surface area contributed by atoms with E-state index in [0.29, 0.717) is 0 Å². The van der Waals surface area contributed by atoms with E-state index < -0.39 is 0 Å². The first-order valence-electron chi connectivity index (χ1n) is 6.62. The van der Waals surface area contributed by atoms with Gasteiger partial charge in [-0.15, -0.1) is 0 Å². The lowest BCUT2D eigenvalue weighted by atomic mass is 9.93. The third-order valence-electron chi connectivity index (χ3n) is 4.23. The number of aryl methyl sites for hydroxylation is 1. The van der Waals surface area contributed by atoms with Gasteiger partial charge in [-0.1, -0.05) is 6.07 Å². The first-order valence-corrected chi connectivity index (χ1v) is 6.62. The molecule has 1 aromatic rings. The van der Waals surface area contributed by atoms with Crippen molar-refractivity contribution in [3.63, 3.8) is 0 Å². The van der Waals surface area contributed by atoms with Crippen molar-refractivity contribution in [1.82, 2.24) is 9.88 Å². The zero-order valence-corrected chi connectivity index (χ0v) is 10.8. The fourth-order valence-electron chi connectivity index (χ4n) is 3.28. The number of hydrogen-bond donors (Lipinski definition) is 0. The highest BCUT2D eigenvalue weighted by molar-refractivity contribution is 5.42. The van der Waals surface area contributed by atoms with Gasteiger partial charge < -0.3 is 9.80 Å². The fraction of sp³-hybridized carbons (Fsp3) is 0.643. The molecule has 0 aromatic carbocycles. The summed E-state index contributed by atoms with van der Waals surface area (Å²) in [5, 5.41) is 0. The van der Waals surface area contributed by atoms with Gasteiger partial charge >= 0.3 is 0 Å². The number of pyridine rings is 1. The molecule has 2 atom stereocenters. The van der Waals surface area contributed by atoms with Gasteiger partial charge in [-0.2, -0.15) is 0 Å². The molecule has 0 amide bonds. The Kier molecular flexibility index (Phi) is 2.79. The monoisotopic (exact) mass is 231 g/mol. The van der Waals surface area contributed by atoms with E-state index in [2.05, 4.69) is 40.9 Å². The Hall–Kier alpha value is -1.09. The summed E-state index contributed by atoms with van der Waals surface area (Å²) < 4.78 is 0. The summed E-state index contributed by atoms with van der Waals surface area (Å²) in [7, 11) is 2.24. The van der Waals surface area contributed by atoms with Crippen LogP contribution < -0.4 is 4.90 Å². The average molecular weight is 231 g/mol. The molecule has 3 rings (SSSR count). The summed E-state index contributed by atoms with van der Waals surface area (Å²) in [5.74, 6) is 2.02. The fourth-order valence-corrected chi connectivity index (χ4v) is 3.28. The summed E-state index contributed by atoms with van der Waals surface area (Å²) >= 11 is 0. The third kappa shape index (κ3) is 2.04. The molecule has 2 aliphatic rings. The molecule has 2 aliphatic heterocycles. The van der Waals surface area contributed by atoms with E-state index in [4.69, 9.17) is 0 Å². The van der Waals surface area contributed by atoms with E-state index in [0.717, 1.165) is 12.0 Å². The molecule has 2 saturated heterocycles. The van der Waals surface area contributed by atoms with Crippen molar-refractivity contribution in [2.75, 3.05) is 31.6 Å². The van der Waals surface area contributed by atoms with Gasteiger partial charge in [-0.05, 0) is 50.9 Å². The van der Waals surface area contributed by atoms with Gasteiger partial charge in [-0.25, -0.2) is 4.98 Å². The maximum absolute atomic E-state index is 4.58. The third-order valence-corrected chi connectivity index (χ3v) is 4.23. The molecule has 1 aromatic heterocycles. The maximum atomic E-state index is 4.58. The second kappa shape index (κ2) is 4.30. The van der Waals surface area contributed by atoms with Crippen molar-refractivity contribution >= 4 is 5.82 Å². The van der Waals surface area contributed by atoms with Gasteiger partial charge in [0.15, 0.2) is 0 Å². The van der Waals surface area contributed by atoms with E-state index >= 15 is 0 Å². The van der Waals surface area contributed by atoms with Crippen molar-refractivity contribution < 1.29 is 0 Å². The number of aromatic nitrogens is 1. The number of likely N-dealkylation sites (tertiary alicyclic amines) is 1. The molecule has 0 saturated carbocycles. The van der Waals surface area contributed by atoms with Crippen LogP contribution in [0.2, 0.25) is 0 Å². The second-order valence-corrected chi connectivity index (χ2v) is 5.55. The Morgan fingerprint density at radius 2 is 2.12 bits per heavy atom. The average Bonchev–Trinajstić information content (AvgIpc) is 2.73. The van der Waals surface area contributed by atoms with Crippen LogP contribution in [0.25, 0.3) is 0 Å². The number of piperidine rings is 1. The summed E-state index contributed by atoms with van der Waals surface area (Å²) in [6, 6.07) is 5.07. The second-order valence-electron chi connectivity index (χ2n) is 5.55. The lowest BCUT2D eigenvalue weighted by Gasteiger charge is -2.36. The van der Waals surface area contributed by atoms with Gasteiger partial charge in [0.25, 0.3) is 0 Å². The summed E-state index contributed by atoms with van der Waals surface area (Å²) in [6.45, 7) is 5.76. The minimum Gasteiger partial charge on any atom is -0.353 e. The molecule has 0 radical (unpaired) electrons. The minimum absolute atomic E-state index is 0.724. The molecule has 0 N–H and O–H groups in total. The Morgan fingerprint density at radius 1 is 1.24 bits per heavy atom. The standard InChI is InChI=1S/C14H21N3/c1-11-3-4-14(15-9-11)17-8-5-12-10-16(2)7-6-13(12)17/h3-4,9,12-13H,5-8,10H2,1-2H3/t12-,13?/m1/s1. The van der Waals surface area contributed by atoms with E-state index in [1.807, 2.05) is 6.20 Å². The first-order chi connectivity index (χ1) is 8.24. The molecular weight excluding hydrogens is 210 g/mol. The smallest absolute Gasteiger partial charge is 0.128 e. The van der Waals surface area contributed by atoms with Crippen molar-refractivity contribution in [2.24, 2.45) is 5.92 Å². The predicted molar refractivity (Wildman–Crippen MR) is 70.3 cm³/mol. The van der Waals surface area contributed by atoms with E-state index in [1.165, 1.54) is 43.9 Å². The minimum atomic E-state index is 0.724. The van der Waals surface area contributed by atoms with Crippen LogP contribution >= 0.6 is 0 Å². The van der Waals surface area contributed by atoms with Gasteiger partial charge in [0.2, 0.25) is 0 Å². The molecular formula is C14H21N3. The molecule has 3 heteroatoms. The summed E-state index contributed by atoms with van der Waals surface area (Å²) in [6.07, 6.45) is 4.60.